The number of nitro groups is 1. The van der Waals surface area contributed by atoms with Crippen LogP contribution in [-0.4, -0.2) is 16.1 Å². The smallest absolute Gasteiger partial charge is 0.278 e. The average molecular weight is 472 g/mol. The Kier molecular flexibility index (Phi) is 6.19. The molecule has 152 valence electrons. The number of benzene rings is 4. The maximum absolute atomic E-state index is 10.8. The molecule has 4 aromatic carbocycles. The number of rotatable bonds is 3. The summed E-state index contributed by atoms with van der Waals surface area (Å²) >= 11 is 3.33. The second-order valence-corrected chi connectivity index (χ2v) is 7.68. The monoisotopic (exact) mass is 471 g/mol. The van der Waals surface area contributed by atoms with Crippen molar-refractivity contribution in [3.05, 3.63) is 117 Å². The van der Waals surface area contributed by atoms with Crippen molar-refractivity contribution in [1.29, 1.82) is 0 Å². The first-order valence-corrected chi connectivity index (χ1v) is 10.4. The molecule has 5 rings (SSSR count). The third kappa shape index (κ3) is 4.87. The van der Waals surface area contributed by atoms with E-state index in [4.69, 9.17) is 0 Å². The predicted molar refractivity (Wildman–Crippen MR) is 130 cm³/mol. The molecule has 0 aliphatic rings. The zero-order valence-electron chi connectivity index (χ0n) is 16.4. The Labute approximate surface area is 187 Å². The van der Waals surface area contributed by atoms with Gasteiger partial charge in [-0.25, -0.2) is 0 Å². The van der Waals surface area contributed by atoms with Crippen LogP contribution in [0.2, 0.25) is 0 Å². The van der Waals surface area contributed by atoms with E-state index in [1.165, 1.54) is 34.1 Å². The molecule has 1 N–H and O–H groups in total. The molecule has 0 amide bonds. The Hall–Kier alpha value is -3.77. The molecule has 0 radical (unpaired) electrons. The van der Waals surface area contributed by atoms with Crippen molar-refractivity contribution in [3.63, 3.8) is 0 Å². The number of hydrogen-bond acceptors (Lipinski definition) is 3. The first kappa shape index (κ1) is 20.5. The van der Waals surface area contributed by atoms with Gasteiger partial charge in [0.05, 0.1) is 16.2 Å². The van der Waals surface area contributed by atoms with Gasteiger partial charge in [-0.15, -0.1) is 0 Å². The molecule has 1 heterocycles. The standard InChI is InChI=1S/C13H9BrN2O2.C12H9N/c14-11-5-7-12(8-6-11)15-9-10-3-1-2-4-13(10)16(17)18;1-3-7-11-9(5-1)10-6-2-4-8-12(10)13-11/h1-9H;1-8,13H. The van der Waals surface area contributed by atoms with Crippen LogP contribution in [-0.2, 0) is 0 Å². The van der Waals surface area contributed by atoms with Gasteiger partial charge >= 0.3 is 0 Å². The molecule has 5 nitrogen and oxygen atoms in total. The van der Waals surface area contributed by atoms with Crippen molar-refractivity contribution in [2.75, 3.05) is 0 Å². The zero-order chi connectivity index (χ0) is 21.6. The molecule has 0 fully saturated rings. The maximum atomic E-state index is 10.8. The van der Waals surface area contributed by atoms with Crippen LogP contribution < -0.4 is 0 Å². The van der Waals surface area contributed by atoms with Crippen LogP contribution in [0.25, 0.3) is 21.8 Å². The SMILES string of the molecule is O=[N+]([O-])c1ccccc1C=Nc1ccc(Br)cc1.c1ccc2c(c1)[nH]c1ccccc12. The molecule has 0 aliphatic heterocycles. The normalized spacial score (nSPS) is 10.9. The van der Waals surface area contributed by atoms with Crippen LogP contribution in [0.5, 0.6) is 0 Å². The number of aliphatic imine (C=N–C) groups is 1. The number of hydrogen-bond donors (Lipinski definition) is 1. The number of nitro benzene ring substituents is 1. The minimum absolute atomic E-state index is 0.0540. The van der Waals surface area contributed by atoms with Crippen molar-refractivity contribution in [2.24, 2.45) is 4.99 Å². The second kappa shape index (κ2) is 9.36. The number of aromatic nitrogens is 1. The first-order valence-electron chi connectivity index (χ1n) is 9.60. The molecule has 1 aromatic heterocycles. The minimum atomic E-state index is -0.414. The highest BCUT2D eigenvalue weighted by Gasteiger charge is 2.09. The van der Waals surface area contributed by atoms with Gasteiger partial charge in [-0.3, -0.25) is 15.1 Å². The summed E-state index contributed by atoms with van der Waals surface area (Å²) in [7, 11) is 0. The van der Waals surface area contributed by atoms with Gasteiger partial charge in [0.15, 0.2) is 0 Å². The van der Waals surface area contributed by atoms with E-state index in [2.05, 4.69) is 74.4 Å². The molecule has 5 aromatic rings. The van der Waals surface area contributed by atoms with Crippen molar-refractivity contribution < 1.29 is 4.92 Å². The summed E-state index contributed by atoms with van der Waals surface area (Å²) in [5.74, 6) is 0. The number of nitrogens with zero attached hydrogens (tertiary/aromatic N) is 2. The summed E-state index contributed by atoms with van der Waals surface area (Å²) in [4.78, 5) is 18.0. The summed E-state index contributed by atoms with van der Waals surface area (Å²) in [5.41, 5.74) is 3.72. The van der Waals surface area contributed by atoms with Gasteiger partial charge in [0.1, 0.15) is 0 Å². The number of halogens is 1. The van der Waals surface area contributed by atoms with Gasteiger partial charge in [-0.1, -0.05) is 64.5 Å². The molecule has 6 heteroatoms. The molecule has 0 spiro atoms. The topological polar surface area (TPSA) is 71.3 Å². The highest BCUT2D eigenvalue weighted by atomic mass is 79.9. The van der Waals surface area contributed by atoms with Gasteiger partial charge in [0.25, 0.3) is 5.69 Å². The van der Waals surface area contributed by atoms with Crippen molar-refractivity contribution in [2.45, 2.75) is 0 Å². The third-order valence-electron chi connectivity index (χ3n) is 4.73. The number of aromatic amines is 1. The molecular weight excluding hydrogens is 454 g/mol. The molecule has 0 atom stereocenters. The largest absolute Gasteiger partial charge is 0.355 e. The fourth-order valence-corrected chi connectivity index (χ4v) is 3.50. The number of para-hydroxylation sites is 3. The van der Waals surface area contributed by atoms with Crippen molar-refractivity contribution in [3.8, 4) is 0 Å². The quantitative estimate of drug-likeness (QED) is 0.169. The zero-order valence-corrected chi connectivity index (χ0v) is 18.0. The van der Waals surface area contributed by atoms with E-state index in [0.29, 0.717) is 5.56 Å². The molecule has 0 saturated carbocycles. The first-order chi connectivity index (χ1) is 15.1. The van der Waals surface area contributed by atoms with Crippen molar-refractivity contribution in [1.82, 2.24) is 4.98 Å². The average Bonchev–Trinajstić information content (AvgIpc) is 3.18. The van der Waals surface area contributed by atoms with Crippen LogP contribution in [0, 0.1) is 10.1 Å². The number of H-pyrrole nitrogens is 1. The summed E-state index contributed by atoms with van der Waals surface area (Å²) < 4.78 is 0.965. The maximum Gasteiger partial charge on any atom is 0.278 e. The lowest BCUT2D eigenvalue weighted by Crippen LogP contribution is -1.93. The fraction of sp³-hybridized carbons (Fsp3) is 0. The van der Waals surface area contributed by atoms with E-state index < -0.39 is 4.92 Å². The number of nitrogens with one attached hydrogen (secondary N) is 1. The van der Waals surface area contributed by atoms with E-state index in [1.807, 2.05) is 24.3 Å². The van der Waals surface area contributed by atoms with E-state index in [-0.39, 0.29) is 5.69 Å². The van der Waals surface area contributed by atoms with Crippen LogP contribution >= 0.6 is 15.9 Å². The van der Waals surface area contributed by atoms with Gasteiger partial charge in [-0.2, -0.15) is 0 Å². The van der Waals surface area contributed by atoms with Crippen LogP contribution in [0.3, 0.4) is 0 Å². The fourth-order valence-electron chi connectivity index (χ4n) is 3.23. The van der Waals surface area contributed by atoms with E-state index in [1.54, 1.807) is 18.2 Å². The Morgan fingerprint density at radius 3 is 1.94 bits per heavy atom. The summed E-state index contributed by atoms with van der Waals surface area (Å²) in [6, 6.07) is 30.7. The minimum Gasteiger partial charge on any atom is -0.355 e. The lowest BCUT2D eigenvalue weighted by atomic mass is 10.2. The predicted octanol–water partition coefficient (Wildman–Crippen LogP) is 7.43. The van der Waals surface area contributed by atoms with E-state index in [9.17, 15) is 10.1 Å². The number of fused-ring (bicyclic) bond motifs is 3. The van der Waals surface area contributed by atoms with Crippen molar-refractivity contribution >= 4 is 55.3 Å². The Morgan fingerprint density at radius 1 is 0.774 bits per heavy atom. The molecule has 0 aliphatic carbocycles. The molecule has 0 bridgehead atoms. The van der Waals surface area contributed by atoms with Crippen LogP contribution in [0.15, 0.2) is 107 Å². The van der Waals surface area contributed by atoms with Gasteiger partial charge in [0.2, 0.25) is 0 Å². The lowest BCUT2D eigenvalue weighted by molar-refractivity contribution is -0.385. The van der Waals surface area contributed by atoms with Gasteiger partial charge in [0, 0.05) is 38.6 Å². The second-order valence-electron chi connectivity index (χ2n) is 6.77. The Balaban J connectivity index is 0.000000156. The molecule has 0 unspecified atom stereocenters. The van der Waals surface area contributed by atoms with E-state index in [0.717, 1.165) is 10.2 Å². The molecule has 31 heavy (non-hydrogen) atoms. The van der Waals surface area contributed by atoms with Gasteiger partial charge in [-0.05, 0) is 42.5 Å². The van der Waals surface area contributed by atoms with Crippen LogP contribution in [0.4, 0.5) is 11.4 Å². The molecular formula is C25H18BrN3O2. The highest BCUT2D eigenvalue weighted by molar-refractivity contribution is 9.10. The van der Waals surface area contributed by atoms with Crippen LogP contribution in [0.1, 0.15) is 5.56 Å². The third-order valence-corrected chi connectivity index (χ3v) is 5.26. The highest BCUT2D eigenvalue weighted by Crippen LogP contribution is 2.24. The lowest BCUT2D eigenvalue weighted by Gasteiger charge is -1.97. The molecule has 0 saturated heterocycles. The summed E-state index contributed by atoms with van der Waals surface area (Å²) in [6.07, 6.45) is 1.50. The Morgan fingerprint density at radius 2 is 1.32 bits per heavy atom. The van der Waals surface area contributed by atoms with E-state index >= 15 is 0 Å². The summed E-state index contributed by atoms with van der Waals surface area (Å²) in [6.45, 7) is 0. The summed E-state index contributed by atoms with van der Waals surface area (Å²) in [5, 5.41) is 13.4. The van der Waals surface area contributed by atoms with Gasteiger partial charge < -0.3 is 4.98 Å². The Bertz CT molecular complexity index is 1320.